The van der Waals surface area contributed by atoms with Crippen molar-refractivity contribution < 1.29 is 4.92 Å². The molecule has 0 radical (unpaired) electrons. The first kappa shape index (κ1) is 17.8. The van der Waals surface area contributed by atoms with E-state index in [9.17, 15) is 10.1 Å². The molecule has 1 aromatic heterocycles. The van der Waals surface area contributed by atoms with Crippen molar-refractivity contribution >= 4 is 44.6 Å². The van der Waals surface area contributed by atoms with Gasteiger partial charge in [-0.15, -0.1) is 0 Å². The highest BCUT2D eigenvalue weighted by Crippen LogP contribution is 2.34. The SMILES string of the molecule is Cc1cc(C)cc(Nc2ncnc(Nc3ccccc3Br)c2[N+](=O)[O-])c1. The highest BCUT2D eigenvalue weighted by Gasteiger charge is 2.23. The summed E-state index contributed by atoms with van der Waals surface area (Å²) >= 11 is 3.41. The fourth-order valence-electron chi connectivity index (χ4n) is 2.61. The molecule has 3 aromatic rings. The number of aryl methyl sites for hydroxylation is 2. The maximum atomic E-state index is 11.7. The summed E-state index contributed by atoms with van der Waals surface area (Å²) in [6.45, 7) is 3.93. The summed E-state index contributed by atoms with van der Waals surface area (Å²) < 4.78 is 0.775. The van der Waals surface area contributed by atoms with Gasteiger partial charge in [0.1, 0.15) is 6.33 Å². The molecular weight excluding hydrogens is 398 g/mol. The number of benzene rings is 2. The van der Waals surface area contributed by atoms with E-state index >= 15 is 0 Å². The van der Waals surface area contributed by atoms with E-state index in [2.05, 4.69) is 36.5 Å². The zero-order valence-electron chi connectivity index (χ0n) is 14.2. The lowest BCUT2D eigenvalue weighted by Crippen LogP contribution is -2.06. The number of halogens is 1. The van der Waals surface area contributed by atoms with E-state index in [1.54, 1.807) is 6.07 Å². The van der Waals surface area contributed by atoms with E-state index in [1.165, 1.54) is 6.33 Å². The number of nitrogens with zero attached hydrogens (tertiary/aromatic N) is 3. The monoisotopic (exact) mass is 413 g/mol. The molecule has 26 heavy (non-hydrogen) atoms. The van der Waals surface area contributed by atoms with Crippen LogP contribution in [0.4, 0.5) is 28.7 Å². The summed E-state index contributed by atoms with van der Waals surface area (Å²) in [4.78, 5) is 19.3. The van der Waals surface area contributed by atoms with Crippen molar-refractivity contribution in [3.05, 3.63) is 74.5 Å². The zero-order valence-corrected chi connectivity index (χ0v) is 15.7. The standard InChI is InChI=1S/C18H16BrN5O2/c1-11-7-12(2)9-13(8-11)22-17-16(24(25)26)18(21-10-20-17)23-15-6-4-3-5-14(15)19/h3-10H,1-2H3,(H2,20,21,22,23). The second-order valence-electron chi connectivity index (χ2n) is 5.78. The number of nitrogens with one attached hydrogen (secondary N) is 2. The van der Waals surface area contributed by atoms with Gasteiger partial charge in [-0.3, -0.25) is 10.1 Å². The van der Waals surface area contributed by atoms with Crippen molar-refractivity contribution in [3.8, 4) is 0 Å². The van der Waals surface area contributed by atoms with Crippen LogP contribution in [0.3, 0.4) is 0 Å². The Kier molecular flexibility index (Phi) is 5.13. The molecule has 0 atom stereocenters. The third-order valence-electron chi connectivity index (χ3n) is 3.62. The molecule has 132 valence electrons. The average molecular weight is 414 g/mol. The molecule has 0 saturated heterocycles. The fourth-order valence-corrected chi connectivity index (χ4v) is 2.99. The Morgan fingerprint density at radius 3 is 2.23 bits per heavy atom. The first-order valence-electron chi connectivity index (χ1n) is 7.80. The lowest BCUT2D eigenvalue weighted by Gasteiger charge is -2.12. The summed E-state index contributed by atoms with van der Waals surface area (Å²) in [6, 6.07) is 13.2. The molecule has 0 fully saturated rings. The first-order chi connectivity index (χ1) is 12.4. The fraction of sp³-hybridized carbons (Fsp3) is 0.111. The molecule has 0 unspecified atom stereocenters. The summed E-state index contributed by atoms with van der Waals surface area (Å²) in [5, 5.41) is 17.7. The van der Waals surface area contributed by atoms with Gasteiger partial charge in [-0.25, -0.2) is 9.97 Å². The lowest BCUT2D eigenvalue weighted by molar-refractivity contribution is -0.383. The quantitative estimate of drug-likeness (QED) is 0.438. The van der Waals surface area contributed by atoms with Crippen LogP contribution in [0, 0.1) is 24.0 Å². The second-order valence-corrected chi connectivity index (χ2v) is 6.64. The highest BCUT2D eigenvalue weighted by atomic mass is 79.9. The van der Waals surface area contributed by atoms with Gasteiger partial charge in [0.2, 0.25) is 11.6 Å². The zero-order chi connectivity index (χ0) is 18.7. The van der Waals surface area contributed by atoms with Crippen LogP contribution in [0.25, 0.3) is 0 Å². The van der Waals surface area contributed by atoms with Crippen molar-refractivity contribution in [1.82, 2.24) is 9.97 Å². The molecule has 0 saturated carbocycles. The van der Waals surface area contributed by atoms with Crippen LogP contribution in [0.2, 0.25) is 0 Å². The van der Waals surface area contributed by atoms with E-state index in [-0.39, 0.29) is 17.3 Å². The van der Waals surface area contributed by atoms with Gasteiger partial charge >= 0.3 is 5.69 Å². The Balaban J connectivity index is 2.01. The normalized spacial score (nSPS) is 10.4. The predicted molar refractivity (Wildman–Crippen MR) is 105 cm³/mol. The number of para-hydroxylation sites is 1. The highest BCUT2D eigenvalue weighted by molar-refractivity contribution is 9.10. The van der Waals surface area contributed by atoms with Crippen LogP contribution in [0.5, 0.6) is 0 Å². The summed E-state index contributed by atoms with van der Waals surface area (Å²) in [5.74, 6) is 0.244. The number of rotatable bonds is 5. The molecule has 3 rings (SSSR count). The van der Waals surface area contributed by atoms with Crippen LogP contribution in [-0.4, -0.2) is 14.9 Å². The Labute approximate surface area is 158 Å². The van der Waals surface area contributed by atoms with Gasteiger partial charge in [0.05, 0.1) is 10.6 Å². The van der Waals surface area contributed by atoms with Crippen LogP contribution < -0.4 is 10.6 Å². The van der Waals surface area contributed by atoms with E-state index in [0.717, 1.165) is 21.3 Å². The predicted octanol–water partition coefficient (Wildman–Crippen LogP) is 5.25. The minimum Gasteiger partial charge on any atom is -0.334 e. The van der Waals surface area contributed by atoms with Gasteiger partial charge in [0.15, 0.2) is 0 Å². The first-order valence-corrected chi connectivity index (χ1v) is 8.59. The number of anilines is 4. The molecule has 7 nitrogen and oxygen atoms in total. The molecule has 2 N–H and O–H groups in total. The van der Waals surface area contributed by atoms with Crippen molar-refractivity contribution in [1.29, 1.82) is 0 Å². The van der Waals surface area contributed by atoms with Gasteiger partial charge in [-0.1, -0.05) is 18.2 Å². The topological polar surface area (TPSA) is 93.0 Å². The van der Waals surface area contributed by atoms with Crippen molar-refractivity contribution in [2.24, 2.45) is 0 Å². The van der Waals surface area contributed by atoms with Crippen LogP contribution in [0.15, 0.2) is 53.3 Å². The smallest absolute Gasteiger partial charge is 0.334 e. The minimum absolute atomic E-state index is 0.115. The Morgan fingerprint density at radius 2 is 1.62 bits per heavy atom. The van der Waals surface area contributed by atoms with Crippen molar-refractivity contribution in [2.45, 2.75) is 13.8 Å². The van der Waals surface area contributed by atoms with Crippen LogP contribution >= 0.6 is 15.9 Å². The largest absolute Gasteiger partial charge is 0.353 e. The van der Waals surface area contributed by atoms with Gasteiger partial charge in [0, 0.05) is 10.2 Å². The number of hydrogen-bond donors (Lipinski definition) is 2. The van der Waals surface area contributed by atoms with Crippen molar-refractivity contribution in [3.63, 3.8) is 0 Å². The molecule has 2 aromatic carbocycles. The van der Waals surface area contributed by atoms with Crippen LogP contribution in [-0.2, 0) is 0 Å². The number of aromatic nitrogens is 2. The Bertz CT molecular complexity index is 957. The number of nitro groups is 1. The van der Waals surface area contributed by atoms with E-state index in [1.807, 2.05) is 50.2 Å². The van der Waals surface area contributed by atoms with Crippen molar-refractivity contribution in [2.75, 3.05) is 10.6 Å². The molecule has 1 heterocycles. The molecule has 0 aliphatic rings. The Morgan fingerprint density at radius 1 is 1.00 bits per heavy atom. The molecule has 0 aliphatic carbocycles. The van der Waals surface area contributed by atoms with E-state index < -0.39 is 4.92 Å². The third-order valence-corrected chi connectivity index (χ3v) is 4.31. The molecule has 8 heteroatoms. The molecular formula is C18H16BrN5O2. The summed E-state index contributed by atoms with van der Waals surface area (Å²) in [7, 11) is 0. The average Bonchev–Trinajstić information content (AvgIpc) is 2.56. The number of hydrogen-bond acceptors (Lipinski definition) is 6. The van der Waals surface area contributed by atoms with Crippen LogP contribution in [0.1, 0.15) is 11.1 Å². The van der Waals surface area contributed by atoms with Gasteiger partial charge in [-0.05, 0) is 65.2 Å². The minimum atomic E-state index is -0.496. The second kappa shape index (κ2) is 7.49. The molecule has 0 aliphatic heterocycles. The third kappa shape index (κ3) is 3.97. The van der Waals surface area contributed by atoms with Gasteiger partial charge in [-0.2, -0.15) is 0 Å². The molecule has 0 amide bonds. The van der Waals surface area contributed by atoms with E-state index in [0.29, 0.717) is 5.69 Å². The molecule has 0 spiro atoms. The summed E-state index contributed by atoms with van der Waals surface area (Å²) in [5.41, 5.74) is 3.29. The molecule has 0 bridgehead atoms. The van der Waals surface area contributed by atoms with Gasteiger partial charge in [0.25, 0.3) is 0 Å². The maximum absolute atomic E-state index is 11.7. The summed E-state index contributed by atoms with van der Waals surface area (Å²) in [6.07, 6.45) is 1.29. The Hall–Kier alpha value is -3.00. The van der Waals surface area contributed by atoms with E-state index in [4.69, 9.17) is 0 Å². The maximum Gasteiger partial charge on any atom is 0.353 e. The lowest BCUT2D eigenvalue weighted by atomic mass is 10.1. The van der Waals surface area contributed by atoms with Gasteiger partial charge < -0.3 is 10.6 Å².